The summed E-state index contributed by atoms with van der Waals surface area (Å²) in [5, 5.41) is 3.43. The molecule has 1 amide bonds. The molecule has 2 aliphatic carbocycles. The Kier molecular flexibility index (Phi) is 5.99. The molecule has 2 aromatic carbocycles. The highest BCUT2D eigenvalue weighted by Crippen LogP contribution is 2.49. The monoisotopic (exact) mass is 465 g/mol. The molecule has 1 aromatic heterocycles. The number of nitrogens with zero attached hydrogens (tertiary/aromatic N) is 2. The predicted octanol–water partition coefficient (Wildman–Crippen LogP) is 4.95. The van der Waals surface area contributed by atoms with Crippen molar-refractivity contribution in [3.05, 3.63) is 64.7 Å². The van der Waals surface area contributed by atoms with Crippen LogP contribution in [-0.4, -0.2) is 26.8 Å². The molecule has 5 nitrogen and oxygen atoms in total. The van der Waals surface area contributed by atoms with Crippen LogP contribution in [0, 0.1) is 23.6 Å². The normalized spacial score (nSPS) is 23.5. The fourth-order valence-electron chi connectivity index (χ4n) is 5.60. The number of para-hydroxylation sites is 2. The Morgan fingerprint density at radius 1 is 1.12 bits per heavy atom. The van der Waals surface area contributed by atoms with Crippen LogP contribution in [0.1, 0.15) is 39.5 Å². The highest BCUT2D eigenvalue weighted by molar-refractivity contribution is 8.00. The summed E-state index contributed by atoms with van der Waals surface area (Å²) >= 11 is 1.18. The summed E-state index contributed by atoms with van der Waals surface area (Å²) in [5.74, 6) is 1.49. The number of halogens is 1. The van der Waals surface area contributed by atoms with Gasteiger partial charge in [0, 0.05) is 6.04 Å². The second kappa shape index (κ2) is 8.93. The van der Waals surface area contributed by atoms with Crippen LogP contribution < -0.4 is 10.9 Å². The Labute approximate surface area is 196 Å². The molecule has 7 heteroatoms. The van der Waals surface area contributed by atoms with E-state index >= 15 is 0 Å². The third-order valence-corrected chi connectivity index (χ3v) is 8.35. The topological polar surface area (TPSA) is 64.0 Å². The fourth-order valence-corrected chi connectivity index (χ4v) is 6.53. The number of rotatable bonds is 6. The Hall–Kier alpha value is -2.67. The SMILES string of the molecule is CC(Sc1nc2ccccc2c(=O)n1-c1ccccc1F)C(=O)NC(C)C1CC2CCC1C2. The third-order valence-electron chi connectivity index (χ3n) is 7.29. The van der Waals surface area contributed by atoms with Crippen LogP contribution in [0.2, 0.25) is 0 Å². The zero-order chi connectivity index (χ0) is 23.1. The van der Waals surface area contributed by atoms with E-state index in [0.29, 0.717) is 22.0 Å². The van der Waals surface area contributed by atoms with Crippen LogP contribution in [0.5, 0.6) is 0 Å². The first-order valence-corrected chi connectivity index (χ1v) is 12.5. The van der Waals surface area contributed by atoms with E-state index in [1.807, 2.05) is 6.07 Å². The molecular formula is C26H28FN3O2S. The van der Waals surface area contributed by atoms with Crippen LogP contribution in [0.4, 0.5) is 4.39 Å². The van der Waals surface area contributed by atoms with Gasteiger partial charge in [0.25, 0.3) is 5.56 Å². The number of hydrogen-bond donors (Lipinski definition) is 1. The smallest absolute Gasteiger partial charge is 0.266 e. The summed E-state index contributed by atoms with van der Waals surface area (Å²) in [6, 6.07) is 13.3. The maximum absolute atomic E-state index is 14.7. The number of thioether (sulfide) groups is 1. The second-order valence-electron chi connectivity index (χ2n) is 9.40. The minimum absolute atomic E-state index is 0.0854. The van der Waals surface area contributed by atoms with E-state index < -0.39 is 11.1 Å². The van der Waals surface area contributed by atoms with Gasteiger partial charge in [0.1, 0.15) is 5.82 Å². The Morgan fingerprint density at radius 2 is 1.88 bits per heavy atom. The van der Waals surface area contributed by atoms with Crippen molar-refractivity contribution in [2.24, 2.45) is 17.8 Å². The van der Waals surface area contributed by atoms with E-state index in [4.69, 9.17) is 0 Å². The van der Waals surface area contributed by atoms with E-state index in [-0.39, 0.29) is 23.2 Å². The number of fused-ring (bicyclic) bond motifs is 3. The summed E-state index contributed by atoms with van der Waals surface area (Å²) in [6.45, 7) is 3.91. The number of amides is 1. The Balaban J connectivity index is 1.43. The molecule has 33 heavy (non-hydrogen) atoms. The zero-order valence-electron chi connectivity index (χ0n) is 18.8. The van der Waals surface area contributed by atoms with Crippen LogP contribution in [0.25, 0.3) is 16.6 Å². The first-order valence-electron chi connectivity index (χ1n) is 11.7. The van der Waals surface area contributed by atoms with E-state index in [2.05, 4.69) is 17.2 Å². The number of benzene rings is 2. The van der Waals surface area contributed by atoms with Crippen LogP contribution in [-0.2, 0) is 4.79 Å². The lowest BCUT2D eigenvalue weighted by molar-refractivity contribution is -0.121. The van der Waals surface area contributed by atoms with Crippen LogP contribution in [0.3, 0.4) is 0 Å². The van der Waals surface area contributed by atoms with Crippen molar-refractivity contribution >= 4 is 28.6 Å². The minimum atomic E-state index is -0.513. The summed E-state index contributed by atoms with van der Waals surface area (Å²) < 4.78 is 16.0. The molecule has 0 radical (unpaired) electrons. The molecule has 2 aliphatic rings. The van der Waals surface area contributed by atoms with Gasteiger partial charge in [-0.05, 0) is 75.1 Å². The van der Waals surface area contributed by atoms with Crippen molar-refractivity contribution in [1.82, 2.24) is 14.9 Å². The van der Waals surface area contributed by atoms with E-state index in [1.54, 1.807) is 43.3 Å². The Morgan fingerprint density at radius 3 is 2.61 bits per heavy atom. The molecule has 2 saturated carbocycles. The van der Waals surface area contributed by atoms with Crippen molar-refractivity contribution in [1.29, 1.82) is 0 Å². The standard InChI is InChI=1S/C26H28FN3O2S/c1-15(20-14-17-11-12-18(20)13-17)28-24(31)16(2)33-26-29-22-9-5-3-7-19(22)25(32)30(26)23-10-6-4-8-21(23)27/h3-10,15-18,20H,11-14H2,1-2H3,(H,28,31). The summed E-state index contributed by atoms with van der Waals surface area (Å²) in [4.78, 5) is 31.0. The highest BCUT2D eigenvalue weighted by atomic mass is 32.2. The quantitative estimate of drug-likeness (QED) is 0.413. The van der Waals surface area contributed by atoms with Gasteiger partial charge in [-0.25, -0.2) is 9.37 Å². The van der Waals surface area contributed by atoms with Crippen molar-refractivity contribution in [3.8, 4) is 5.69 Å². The van der Waals surface area contributed by atoms with E-state index in [1.165, 1.54) is 48.1 Å². The van der Waals surface area contributed by atoms with Gasteiger partial charge in [-0.2, -0.15) is 0 Å². The number of carbonyl (C=O) groups is 1. The molecule has 2 bridgehead atoms. The lowest BCUT2D eigenvalue weighted by Crippen LogP contribution is -2.43. The predicted molar refractivity (Wildman–Crippen MR) is 129 cm³/mol. The van der Waals surface area contributed by atoms with Crippen LogP contribution >= 0.6 is 11.8 Å². The molecular weight excluding hydrogens is 437 g/mol. The number of carbonyl (C=O) groups excluding carboxylic acids is 1. The van der Waals surface area contributed by atoms with Gasteiger partial charge < -0.3 is 5.32 Å². The van der Waals surface area contributed by atoms with Crippen molar-refractivity contribution < 1.29 is 9.18 Å². The van der Waals surface area contributed by atoms with Gasteiger partial charge in [0.2, 0.25) is 5.91 Å². The lowest BCUT2D eigenvalue weighted by atomic mass is 9.84. The van der Waals surface area contributed by atoms with E-state index in [9.17, 15) is 14.0 Å². The minimum Gasteiger partial charge on any atom is -0.352 e. The molecule has 0 aliphatic heterocycles. The van der Waals surface area contributed by atoms with E-state index in [0.717, 1.165) is 11.8 Å². The van der Waals surface area contributed by atoms with Gasteiger partial charge in [-0.1, -0.05) is 42.4 Å². The van der Waals surface area contributed by atoms with Gasteiger partial charge in [-0.15, -0.1) is 0 Å². The average molecular weight is 466 g/mol. The fraction of sp³-hybridized carbons (Fsp3) is 0.423. The highest BCUT2D eigenvalue weighted by Gasteiger charge is 2.42. The zero-order valence-corrected chi connectivity index (χ0v) is 19.6. The van der Waals surface area contributed by atoms with Crippen molar-refractivity contribution in [2.75, 3.05) is 0 Å². The first-order chi connectivity index (χ1) is 15.9. The maximum Gasteiger partial charge on any atom is 0.266 e. The molecule has 3 aromatic rings. The first kappa shape index (κ1) is 22.1. The third kappa shape index (κ3) is 4.19. The molecule has 5 rings (SSSR count). The van der Waals surface area contributed by atoms with Crippen molar-refractivity contribution in [2.45, 2.75) is 56.0 Å². The molecule has 0 spiro atoms. The van der Waals surface area contributed by atoms with Gasteiger partial charge in [0.05, 0.1) is 21.8 Å². The molecule has 0 saturated heterocycles. The number of nitrogens with one attached hydrogen (secondary N) is 1. The summed E-state index contributed by atoms with van der Waals surface area (Å²) in [5.41, 5.74) is 0.308. The van der Waals surface area contributed by atoms with Crippen molar-refractivity contribution in [3.63, 3.8) is 0 Å². The van der Waals surface area contributed by atoms with Gasteiger partial charge >= 0.3 is 0 Å². The lowest BCUT2D eigenvalue weighted by Gasteiger charge is -2.29. The molecule has 1 N–H and O–H groups in total. The summed E-state index contributed by atoms with van der Waals surface area (Å²) in [6.07, 6.45) is 5.10. The van der Waals surface area contributed by atoms with Gasteiger partial charge in [-0.3, -0.25) is 14.2 Å². The molecule has 2 fully saturated rings. The molecule has 1 heterocycles. The second-order valence-corrected chi connectivity index (χ2v) is 10.7. The number of hydrogen-bond acceptors (Lipinski definition) is 4. The summed E-state index contributed by atoms with van der Waals surface area (Å²) in [7, 11) is 0. The number of aromatic nitrogens is 2. The van der Waals surface area contributed by atoms with Gasteiger partial charge in [0.15, 0.2) is 5.16 Å². The maximum atomic E-state index is 14.7. The molecule has 172 valence electrons. The Bertz CT molecular complexity index is 1260. The molecule has 5 unspecified atom stereocenters. The molecule has 5 atom stereocenters. The van der Waals surface area contributed by atoms with Crippen LogP contribution in [0.15, 0.2) is 58.5 Å². The average Bonchev–Trinajstić information content (AvgIpc) is 3.44. The largest absolute Gasteiger partial charge is 0.352 e.